The molecular formula is C16H21ClN2. The van der Waals surface area contributed by atoms with E-state index in [9.17, 15) is 0 Å². The van der Waals surface area contributed by atoms with E-state index in [1.807, 2.05) is 19.1 Å². The first-order valence-electron chi connectivity index (χ1n) is 6.74. The quantitative estimate of drug-likeness (QED) is 0.903. The molecule has 19 heavy (non-hydrogen) atoms. The van der Waals surface area contributed by atoms with Crippen molar-refractivity contribution in [3.63, 3.8) is 0 Å². The summed E-state index contributed by atoms with van der Waals surface area (Å²) in [6, 6.07) is 6.13. The van der Waals surface area contributed by atoms with Crippen molar-refractivity contribution in [1.82, 2.24) is 10.3 Å². The van der Waals surface area contributed by atoms with E-state index >= 15 is 0 Å². The Morgan fingerprint density at radius 2 is 1.95 bits per heavy atom. The molecule has 0 aliphatic rings. The van der Waals surface area contributed by atoms with E-state index in [0.29, 0.717) is 5.92 Å². The van der Waals surface area contributed by atoms with Crippen LogP contribution in [0.4, 0.5) is 0 Å². The van der Waals surface area contributed by atoms with Gasteiger partial charge in [0, 0.05) is 22.6 Å². The third-order valence-corrected chi connectivity index (χ3v) is 3.37. The van der Waals surface area contributed by atoms with Crippen LogP contribution >= 0.6 is 11.6 Å². The number of aromatic nitrogens is 1. The molecule has 1 aromatic heterocycles. The summed E-state index contributed by atoms with van der Waals surface area (Å²) in [6.07, 6.45) is 0. The van der Waals surface area contributed by atoms with E-state index in [2.05, 4.69) is 37.1 Å². The number of rotatable bonds is 4. The number of hydrogen-bond donors (Lipinski definition) is 1. The van der Waals surface area contributed by atoms with Gasteiger partial charge in [-0.15, -0.1) is 0 Å². The Bertz CT molecular complexity index is 591. The minimum absolute atomic E-state index is 0.652. The zero-order valence-corrected chi connectivity index (χ0v) is 12.8. The molecule has 0 atom stereocenters. The second kappa shape index (κ2) is 5.89. The monoisotopic (exact) mass is 276 g/mol. The van der Waals surface area contributed by atoms with Crippen LogP contribution in [0.15, 0.2) is 18.2 Å². The fourth-order valence-electron chi connectivity index (χ4n) is 2.31. The largest absolute Gasteiger partial charge is 0.312 e. The molecule has 0 saturated carbocycles. The van der Waals surface area contributed by atoms with E-state index in [1.165, 1.54) is 5.56 Å². The van der Waals surface area contributed by atoms with Crippen molar-refractivity contribution in [1.29, 1.82) is 0 Å². The van der Waals surface area contributed by atoms with Gasteiger partial charge in [0.1, 0.15) is 0 Å². The molecule has 2 aromatic rings. The molecule has 0 aliphatic carbocycles. The average Bonchev–Trinajstić information content (AvgIpc) is 2.30. The van der Waals surface area contributed by atoms with E-state index in [0.717, 1.165) is 40.3 Å². The molecule has 0 unspecified atom stereocenters. The Balaban J connectivity index is 2.41. The maximum absolute atomic E-state index is 6.17. The van der Waals surface area contributed by atoms with Crippen molar-refractivity contribution in [2.75, 3.05) is 6.54 Å². The van der Waals surface area contributed by atoms with Gasteiger partial charge in [-0.25, -0.2) is 0 Å². The fraction of sp³-hybridized carbons (Fsp3) is 0.438. The maximum Gasteiger partial charge on any atom is 0.0738 e. The molecule has 0 fully saturated rings. The van der Waals surface area contributed by atoms with E-state index in [1.54, 1.807) is 0 Å². The van der Waals surface area contributed by atoms with Gasteiger partial charge < -0.3 is 5.32 Å². The van der Waals surface area contributed by atoms with E-state index in [4.69, 9.17) is 11.6 Å². The molecule has 1 aromatic carbocycles. The van der Waals surface area contributed by atoms with Gasteiger partial charge in [-0.3, -0.25) is 4.98 Å². The third kappa shape index (κ3) is 3.46. The van der Waals surface area contributed by atoms with Crippen LogP contribution < -0.4 is 5.32 Å². The molecule has 2 rings (SSSR count). The van der Waals surface area contributed by atoms with Crippen LogP contribution in [0.3, 0.4) is 0 Å². The van der Waals surface area contributed by atoms with Gasteiger partial charge in [-0.2, -0.15) is 0 Å². The highest BCUT2D eigenvalue weighted by Gasteiger charge is 2.08. The Labute approximate surface area is 120 Å². The summed E-state index contributed by atoms with van der Waals surface area (Å²) in [5, 5.41) is 5.43. The number of benzene rings is 1. The summed E-state index contributed by atoms with van der Waals surface area (Å²) in [5.74, 6) is 0.652. The van der Waals surface area contributed by atoms with Gasteiger partial charge in [0.2, 0.25) is 0 Å². The van der Waals surface area contributed by atoms with Crippen LogP contribution in [0.5, 0.6) is 0 Å². The fourth-order valence-corrected chi connectivity index (χ4v) is 2.58. The van der Waals surface area contributed by atoms with Crippen LogP contribution in [0.1, 0.15) is 30.7 Å². The van der Waals surface area contributed by atoms with Gasteiger partial charge in [0.25, 0.3) is 0 Å². The van der Waals surface area contributed by atoms with Crippen LogP contribution in [0.25, 0.3) is 10.9 Å². The Hall–Kier alpha value is -1.12. The van der Waals surface area contributed by atoms with E-state index < -0.39 is 0 Å². The molecule has 1 heterocycles. The molecule has 0 spiro atoms. The molecule has 0 saturated heterocycles. The standard InChI is InChI=1S/C16H21ClN2/c1-10(2)8-18-9-13-6-12(4)19-16-11(3)5-14(17)7-15(13)16/h5-7,10,18H,8-9H2,1-4H3. The SMILES string of the molecule is Cc1cc(CNCC(C)C)c2cc(Cl)cc(C)c2n1. The maximum atomic E-state index is 6.17. The first-order valence-corrected chi connectivity index (χ1v) is 7.12. The lowest BCUT2D eigenvalue weighted by molar-refractivity contribution is 0.553. The molecule has 2 nitrogen and oxygen atoms in total. The minimum atomic E-state index is 0.652. The molecule has 1 N–H and O–H groups in total. The predicted molar refractivity (Wildman–Crippen MR) is 82.8 cm³/mol. The van der Waals surface area contributed by atoms with Gasteiger partial charge in [0.15, 0.2) is 0 Å². The van der Waals surface area contributed by atoms with Crippen LogP contribution in [0, 0.1) is 19.8 Å². The van der Waals surface area contributed by atoms with Crippen molar-refractivity contribution < 1.29 is 0 Å². The van der Waals surface area contributed by atoms with Crippen molar-refractivity contribution in [2.45, 2.75) is 34.2 Å². The Morgan fingerprint density at radius 3 is 2.63 bits per heavy atom. The van der Waals surface area contributed by atoms with Crippen LogP contribution in [0.2, 0.25) is 5.02 Å². The first-order chi connectivity index (χ1) is 8.97. The predicted octanol–water partition coefficient (Wildman–Crippen LogP) is 4.25. The second-order valence-corrected chi connectivity index (χ2v) is 6.00. The van der Waals surface area contributed by atoms with Crippen LogP contribution in [-0.2, 0) is 6.54 Å². The number of nitrogens with zero attached hydrogens (tertiary/aromatic N) is 1. The zero-order chi connectivity index (χ0) is 14.0. The van der Waals surface area contributed by atoms with Crippen molar-refractivity contribution >= 4 is 22.5 Å². The average molecular weight is 277 g/mol. The summed E-state index contributed by atoms with van der Waals surface area (Å²) < 4.78 is 0. The third-order valence-electron chi connectivity index (χ3n) is 3.15. The summed E-state index contributed by atoms with van der Waals surface area (Å²) in [7, 11) is 0. The molecule has 3 heteroatoms. The normalized spacial score (nSPS) is 11.5. The summed E-state index contributed by atoms with van der Waals surface area (Å²) in [5.41, 5.74) is 4.52. The summed E-state index contributed by atoms with van der Waals surface area (Å²) >= 11 is 6.17. The lowest BCUT2D eigenvalue weighted by Gasteiger charge is -2.12. The highest BCUT2D eigenvalue weighted by Crippen LogP contribution is 2.25. The lowest BCUT2D eigenvalue weighted by atomic mass is 10.0. The number of pyridine rings is 1. The van der Waals surface area contributed by atoms with E-state index in [-0.39, 0.29) is 0 Å². The molecule has 102 valence electrons. The number of aryl methyl sites for hydroxylation is 2. The number of halogens is 1. The highest BCUT2D eigenvalue weighted by atomic mass is 35.5. The molecule has 0 bridgehead atoms. The first kappa shape index (κ1) is 14.3. The van der Waals surface area contributed by atoms with Crippen molar-refractivity contribution in [3.8, 4) is 0 Å². The van der Waals surface area contributed by atoms with Crippen LogP contribution in [-0.4, -0.2) is 11.5 Å². The Morgan fingerprint density at radius 1 is 1.21 bits per heavy atom. The number of nitrogens with one attached hydrogen (secondary N) is 1. The zero-order valence-electron chi connectivity index (χ0n) is 12.0. The van der Waals surface area contributed by atoms with Gasteiger partial charge in [0.05, 0.1) is 5.52 Å². The van der Waals surface area contributed by atoms with Gasteiger partial charge in [-0.05, 0) is 55.6 Å². The minimum Gasteiger partial charge on any atom is -0.312 e. The number of hydrogen-bond acceptors (Lipinski definition) is 2. The van der Waals surface area contributed by atoms with Gasteiger partial charge >= 0.3 is 0 Å². The smallest absolute Gasteiger partial charge is 0.0738 e. The van der Waals surface area contributed by atoms with Crippen molar-refractivity contribution in [3.05, 3.63) is 40.0 Å². The lowest BCUT2D eigenvalue weighted by Crippen LogP contribution is -2.19. The topological polar surface area (TPSA) is 24.9 Å². The molecular weight excluding hydrogens is 256 g/mol. The summed E-state index contributed by atoms with van der Waals surface area (Å²) in [6.45, 7) is 10.4. The number of fused-ring (bicyclic) bond motifs is 1. The summed E-state index contributed by atoms with van der Waals surface area (Å²) in [4.78, 5) is 4.63. The Kier molecular flexibility index (Phi) is 4.43. The molecule has 0 radical (unpaired) electrons. The van der Waals surface area contributed by atoms with Crippen molar-refractivity contribution in [2.24, 2.45) is 5.92 Å². The van der Waals surface area contributed by atoms with Gasteiger partial charge in [-0.1, -0.05) is 25.4 Å². The highest BCUT2D eigenvalue weighted by molar-refractivity contribution is 6.31. The second-order valence-electron chi connectivity index (χ2n) is 5.57. The molecule has 0 aliphatic heterocycles. The molecule has 0 amide bonds.